The Morgan fingerprint density at radius 3 is 2.54 bits per heavy atom. The maximum Gasteiger partial charge on any atom is 0.257 e. The summed E-state index contributed by atoms with van der Waals surface area (Å²) in [5.74, 6) is -0.815. The number of carbonyl (C=O) groups is 1. The second kappa shape index (κ2) is 7.84. The third kappa shape index (κ3) is 4.05. The molecule has 7 heteroatoms. The van der Waals surface area contributed by atoms with Crippen molar-refractivity contribution < 1.29 is 9.18 Å². The number of benzene rings is 3. The van der Waals surface area contributed by atoms with Gasteiger partial charge in [0.2, 0.25) is 0 Å². The van der Waals surface area contributed by atoms with Crippen LogP contribution in [0.5, 0.6) is 0 Å². The third-order valence-electron chi connectivity index (χ3n) is 4.10. The van der Waals surface area contributed by atoms with Crippen LogP contribution in [-0.2, 0) is 0 Å². The van der Waals surface area contributed by atoms with E-state index in [1.54, 1.807) is 0 Å². The molecule has 4 rings (SSSR count). The van der Waals surface area contributed by atoms with E-state index in [9.17, 15) is 9.18 Å². The number of amides is 1. The zero-order valence-electron chi connectivity index (χ0n) is 14.5. The highest BCUT2D eigenvalue weighted by Crippen LogP contribution is 2.27. The van der Waals surface area contributed by atoms with Crippen LogP contribution in [-0.4, -0.2) is 16.0 Å². The molecule has 1 aromatic heterocycles. The van der Waals surface area contributed by atoms with Gasteiger partial charge in [0.25, 0.3) is 5.91 Å². The van der Waals surface area contributed by atoms with Crippen molar-refractivity contribution in [2.45, 2.75) is 0 Å². The fourth-order valence-corrected chi connectivity index (χ4v) is 3.70. The molecule has 138 valence electrons. The Hall–Kier alpha value is -3.16. The highest BCUT2D eigenvalue weighted by Gasteiger charge is 2.10. The van der Waals surface area contributed by atoms with Crippen LogP contribution >= 0.6 is 23.6 Å². The molecule has 0 bridgehead atoms. The van der Waals surface area contributed by atoms with E-state index >= 15 is 0 Å². The van der Waals surface area contributed by atoms with E-state index < -0.39 is 11.7 Å². The Balaban J connectivity index is 1.44. The number of nitrogens with one attached hydrogen (secondary N) is 2. The van der Waals surface area contributed by atoms with Gasteiger partial charge in [-0.3, -0.25) is 10.1 Å². The van der Waals surface area contributed by atoms with Gasteiger partial charge in [-0.05, 0) is 53.3 Å². The maximum atomic E-state index is 13.0. The molecule has 3 aromatic carbocycles. The first-order valence-electron chi connectivity index (χ1n) is 8.41. The summed E-state index contributed by atoms with van der Waals surface area (Å²) in [6.07, 6.45) is 0. The monoisotopic (exact) mass is 407 g/mol. The average molecular weight is 407 g/mol. The molecule has 4 aromatic rings. The number of anilines is 1. The fourth-order valence-electron chi connectivity index (χ4n) is 2.72. The van der Waals surface area contributed by atoms with Gasteiger partial charge in [-0.2, -0.15) is 0 Å². The van der Waals surface area contributed by atoms with Gasteiger partial charge in [0.05, 0.1) is 5.69 Å². The smallest absolute Gasteiger partial charge is 0.257 e. The third-order valence-corrected chi connectivity index (χ3v) is 5.07. The second-order valence-corrected chi connectivity index (χ2v) is 7.28. The molecule has 0 unspecified atom stereocenters. The van der Waals surface area contributed by atoms with E-state index in [0.29, 0.717) is 10.7 Å². The van der Waals surface area contributed by atoms with Gasteiger partial charge >= 0.3 is 0 Å². The van der Waals surface area contributed by atoms with Crippen molar-refractivity contribution in [3.8, 4) is 11.3 Å². The van der Waals surface area contributed by atoms with Gasteiger partial charge in [-0.25, -0.2) is 9.37 Å². The Bertz CT molecular complexity index is 1170. The largest absolute Gasteiger partial charge is 0.308 e. The molecule has 4 nitrogen and oxygen atoms in total. The minimum Gasteiger partial charge on any atom is -0.308 e. The van der Waals surface area contributed by atoms with Crippen LogP contribution in [0, 0.1) is 5.82 Å². The summed E-state index contributed by atoms with van der Waals surface area (Å²) in [7, 11) is 0. The summed E-state index contributed by atoms with van der Waals surface area (Å²) in [6.45, 7) is 0. The first-order valence-corrected chi connectivity index (χ1v) is 9.70. The lowest BCUT2D eigenvalue weighted by Gasteiger charge is -2.07. The molecule has 0 aliphatic heterocycles. The van der Waals surface area contributed by atoms with E-state index in [0.717, 1.165) is 16.6 Å². The van der Waals surface area contributed by atoms with Gasteiger partial charge in [-0.15, -0.1) is 11.3 Å². The number of carbonyl (C=O) groups excluding carboxylic acids is 1. The number of fused-ring (bicyclic) bond motifs is 1. The van der Waals surface area contributed by atoms with Gasteiger partial charge in [0.1, 0.15) is 5.82 Å². The topological polar surface area (TPSA) is 54.0 Å². The molecule has 0 radical (unpaired) electrons. The highest BCUT2D eigenvalue weighted by molar-refractivity contribution is 7.80. The Labute approximate surface area is 170 Å². The molecule has 0 fully saturated rings. The van der Waals surface area contributed by atoms with Crippen LogP contribution in [0.3, 0.4) is 0 Å². The van der Waals surface area contributed by atoms with Crippen LogP contribution in [0.25, 0.3) is 22.0 Å². The number of nitrogens with zero attached hydrogens (tertiary/aromatic N) is 1. The van der Waals surface area contributed by atoms with Crippen molar-refractivity contribution in [1.29, 1.82) is 0 Å². The lowest BCUT2D eigenvalue weighted by Crippen LogP contribution is -2.34. The van der Waals surface area contributed by atoms with Crippen molar-refractivity contribution in [3.63, 3.8) is 0 Å². The number of aromatic nitrogens is 1. The number of hydrogen-bond acceptors (Lipinski definition) is 4. The quantitative estimate of drug-likeness (QED) is 0.457. The zero-order valence-corrected chi connectivity index (χ0v) is 16.1. The van der Waals surface area contributed by atoms with Crippen LogP contribution in [0.1, 0.15) is 10.4 Å². The highest BCUT2D eigenvalue weighted by atomic mass is 32.1. The van der Waals surface area contributed by atoms with Crippen molar-refractivity contribution >= 4 is 50.5 Å². The molecule has 28 heavy (non-hydrogen) atoms. The van der Waals surface area contributed by atoms with Crippen LogP contribution in [0.15, 0.2) is 72.1 Å². The minimum absolute atomic E-state index is 0.133. The second-order valence-electron chi connectivity index (χ2n) is 6.01. The lowest BCUT2D eigenvalue weighted by atomic mass is 10.1. The van der Waals surface area contributed by atoms with E-state index in [1.807, 2.05) is 23.6 Å². The van der Waals surface area contributed by atoms with Crippen molar-refractivity contribution in [2.75, 3.05) is 5.32 Å². The fraction of sp³-hybridized carbons (Fsp3) is 0. The molecule has 0 aliphatic rings. The van der Waals surface area contributed by atoms with Gasteiger partial charge in [-0.1, -0.05) is 36.4 Å². The molecule has 1 heterocycles. The lowest BCUT2D eigenvalue weighted by molar-refractivity contribution is 0.0977. The molecule has 0 saturated carbocycles. The summed E-state index contributed by atoms with van der Waals surface area (Å²) in [5.41, 5.74) is 2.15. The van der Waals surface area contributed by atoms with Crippen LogP contribution in [0.2, 0.25) is 0 Å². The molecule has 0 aliphatic carbocycles. The van der Waals surface area contributed by atoms with Crippen molar-refractivity contribution in [3.05, 3.63) is 83.5 Å². The van der Waals surface area contributed by atoms with Crippen LogP contribution < -0.4 is 10.6 Å². The van der Waals surface area contributed by atoms with Crippen molar-refractivity contribution in [2.24, 2.45) is 0 Å². The Kier molecular flexibility index (Phi) is 5.10. The van der Waals surface area contributed by atoms with E-state index in [2.05, 4.69) is 39.9 Å². The van der Waals surface area contributed by atoms with Gasteiger partial charge in [0.15, 0.2) is 10.2 Å². The number of rotatable bonds is 3. The molecular weight excluding hydrogens is 393 g/mol. The summed E-state index contributed by atoms with van der Waals surface area (Å²) >= 11 is 6.57. The molecule has 1 amide bonds. The summed E-state index contributed by atoms with van der Waals surface area (Å²) in [4.78, 5) is 16.7. The number of thiocarbonyl (C=S) groups is 1. The molecular formula is C21H14FN3OS2. The zero-order chi connectivity index (χ0) is 19.5. The SMILES string of the molecule is O=C(NC(=S)Nc1nc(-c2ccc3ccccc3c2)cs1)c1ccc(F)cc1. The van der Waals surface area contributed by atoms with Crippen molar-refractivity contribution in [1.82, 2.24) is 10.3 Å². The standard InChI is InChI=1S/C21H14FN3OS2/c22-17-9-7-14(8-10-17)19(26)24-20(27)25-21-23-18(12-28-21)16-6-5-13-3-1-2-4-15(13)11-16/h1-12H,(H2,23,24,25,26,27). The van der Waals surface area contributed by atoms with E-state index in [-0.39, 0.29) is 5.11 Å². The molecule has 0 spiro atoms. The molecule has 0 saturated heterocycles. The van der Waals surface area contributed by atoms with Crippen LogP contribution in [0.4, 0.5) is 9.52 Å². The maximum absolute atomic E-state index is 13.0. The van der Waals surface area contributed by atoms with Gasteiger partial charge in [0, 0.05) is 16.5 Å². The predicted octanol–water partition coefficient (Wildman–Crippen LogP) is 5.23. The summed E-state index contributed by atoms with van der Waals surface area (Å²) < 4.78 is 13.0. The molecule has 2 N–H and O–H groups in total. The first kappa shape index (κ1) is 18.2. The van der Waals surface area contributed by atoms with Gasteiger partial charge < -0.3 is 5.32 Å². The Morgan fingerprint density at radius 1 is 1.00 bits per heavy atom. The number of halogens is 1. The average Bonchev–Trinajstić information content (AvgIpc) is 3.16. The van der Waals surface area contributed by atoms with E-state index in [1.165, 1.54) is 41.0 Å². The molecule has 0 atom stereocenters. The number of thiazole rings is 1. The Morgan fingerprint density at radius 2 is 1.75 bits per heavy atom. The summed E-state index contributed by atoms with van der Waals surface area (Å²) in [5, 5.41) is 10.4. The number of hydrogen-bond donors (Lipinski definition) is 2. The first-order chi connectivity index (χ1) is 13.6. The normalized spacial score (nSPS) is 10.6. The summed E-state index contributed by atoms with van der Waals surface area (Å²) in [6, 6.07) is 19.5. The minimum atomic E-state index is -0.413. The van der Waals surface area contributed by atoms with E-state index in [4.69, 9.17) is 12.2 Å². The predicted molar refractivity (Wildman–Crippen MR) is 115 cm³/mol.